The zero-order valence-electron chi connectivity index (χ0n) is 10.7. The predicted molar refractivity (Wildman–Crippen MR) is 77.5 cm³/mol. The van der Waals surface area contributed by atoms with Crippen molar-refractivity contribution in [2.45, 2.75) is 6.92 Å². The molecular weight excluding hydrogens is 278 g/mol. The average Bonchev–Trinajstić information content (AvgIpc) is 2.39. The summed E-state index contributed by atoms with van der Waals surface area (Å²) < 4.78 is 0. The van der Waals surface area contributed by atoms with Crippen molar-refractivity contribution in [3.05, 3.63) is 64.2 Å². The number of aryl methyl sites for hydroxylation is 1. The number of carbonyl (C=O) groups is 2. The number of carbonyl (C=O) groups excluding carboxylic acids is 1. The van der Waals surface area contributed by atoms with Gasteiger partial charge in [0.25, 0.3) is 5.91 Å². The van der Waals surface area contributed by atoms with Crippen molar-refractivity contribution in [2.75, 3.05) is 5.32 Å². The van der Waals surface area contributed by atoms with Crippen molar-refractivity contribution in [1.82, 2.24) is 0 Å². The fourth-order valence-corrected chi connectivity index (χ4v) is 2.00. The number of anilines is 1. The zero-order valence-corrected chi connectivity index (χ0v) is 11.4. The van der Waals surface area contributed by atoms with E-state index in [4.69, 9.17) is 16.7 Å². The van der Waals surface area contributed by atoms with E-state index in [1.54, 1.807) is 18.2 Å². The van der Waals surface area contributed by atoms with Gasteiger partial charge in [0.15, 0.2) is 0 Å². The van der Waals surface area contributed by atoms with Crippen LogP contribution in [0.2, 0.25) is 5.02 Å². The molecule has 0 unspecified atom stereocenters. The van der Waals surface area contributed by atoms with E-state index in [1.165, 1.54) is 12.1 Å². The molecule has 20 heavy (non-hydrogen) atoms. The molecular formula is C15H12ClNO3. The molecule has 2 rings (SSSR count). The van der Waals surface area contributed by atoms with E-state index in [0.717, 1.165) is 5.56 Å². The van der Waals surface area contributed by atoms with Gasteiger partial charge in [-0.15, -0.1) is 0 Å². The minimum Gasteiger partial charge on any atom is -0.478 e. The third-order valence-corrected chi connectivity index (χ3v) is 3.10. The molecule has 0 saturated heterocycles. The third-order valence-electron chi connectivity index (χ3n) is 2.79. The van der Waals surface area contributed by atoms with Gasteiger partial charge in [0.2, 0.25) is 0 Å². The van der Waals surface area contributed by atoms with E-state index in [9.17, 15) is 9.59 Å². The van der Waals surface area contributed by atoms with Gasteiger partial charge in [0, 0.05) is 5.56 Å². The summed E-state index contributed by atoms with van der Waals surface area (Å²) in [6.07, 6.45) is 0. The first-order chi connectivity index (χ1) is 9.49. The van der Waals surface area contributed by atoms with Crippen molar-refractivity contribution in [2.24, 2.45) is 0 Å². The Hall–Kier alpha value is -2.33. The molecule has 0 spiro atoms. The smallest absolute Gasteiger partial charge is 0.339 e. The number of amides is 1. The highest BCUT2D eigenvalue weighted by molar-refractivity contribution is 6.34. The van der Waals surface area contributed by atoms with Crippen molar-refractivity contribution in [3.63, 3.8) is 0 Å². The van der Waals surface area contributed by atoms with Crippen molar-refractivity contribution < 1.29 is 14.7 Å². The number of benzene rings is 2. The lowest BCUT2D eigenvalue weighted by atomic mass is 10.1. The number of nitrogens with one attached hydrogen (secondary N) is 1. The lowest BCUT2D eigenvalue weighted by Gasteiger charge is -2.09. The number of hydrogen-bond donors (Lipinski definition) is 2. The molecule has 4 nitrogen and oxygen atoms in total. The van der Waals surface area contributed by atoms with E-state index >= 15 is 0 Å². The van der Waals surface area contributed by atoms with E-state index in [0.29, 0.717) is 5.56 Å². The van der Waals surface area contributed by atoms with E-state index < -0.39 is 5.97 Å². The number of carboxylic acid groups (broad SMARTS) is 1. The first kappa shape index (κ1) is 14.1. The second-order valence-electron chi connectivity index (χ2n) is 4.29. The Morgan fingerprint density at radius 3 is 2.35 bits per heavy atom. The SMILES string of the molecule is Cc1ccc(C(=O)Nc2cccc(Cl)c2C(=O)O)cc1. The molecule has 0 fully saturated rings. The molecule has 2 aromatic carbocycles. The van der Waals surface area contributed by atoms with Crippen LogP contribution in [0.5, 0.6) is 0 Å². The maximum Gasteiger partial charge on any atom is 0.339 e. The highest BCUT2D eigenvalue weighted by Gasteiger charge is 2.16. The lowest BCUT2D eigenvalue weighted by molar-refractivity contribution is 0.0698. The second-order valence-corrected chi connectivity index (χ2v) is 4.69. The molecule has 0 atom stereocenters. The fourth-order valence-electron chi connectivity index (χ4n) is 1.75. The summed E-state index contributed by atoms with van der Waals surface area (Å²) in [5.41, 5.74) is 1.55. The van der Waals surface area contributed by atoms with Crippen LogP contribution in [-0.4, -0.2) is 17.0 Å². The normalized spacial score (nSPS) is 10.1. The number of aromatic carboxylic acids is 1. The summed E-state index contributed by atoms with van der Waals surface area (Å²) in [5.74, 6) is -1.57. The Morgan fingerprint density at radius 1 is 1.10 bits per heavy atom. The summed E-state index contributed by atoms with van der Waals surface area (Å²) in [7, 11) is 0. The first-order valence-corrected chi connectivity index (χ1v) is 6.26. The van der Waals surface area contributed by atoms with Crippen LogP contribution >= 0.6 is 11.6 Å². The lowest BCUT2D eigenvalue weighted by Crippen LogP contribution is -2.15. The van der Waals surface area contributed by atoms with Crippen LogP contribution < -0.4 is 5.32 Å². The quantitative estimate of drug-likeness (QED) is 0.907. The van der Waals surface area contributed by atoms with Crippen LogP contribution in [0.15, 0.2) is 42.5 Å². The summed E-state index contributed by atoms with van der Waals surface area (Å²) in [5, 5.41) is 11.8. The standard InChI is InChI=1S/C15H12ClNO3/c1-9-5-7-10(8-6-9)14(18)17-12-4-2-3-11(16)13(12)15(19)20/h2-8H,1H3,(H,17,18)(H,19,20). The van der Waals surface area contributed by atoms with E-state index in [2.05, 4.69) is 5.32 Å². The van der Waals surface area contributed by atoms with Crippen LogP contribution in [0, 0.1) is 6.92 Å². The molecule has 2 aromatic rings. The van der Waals surface area contributed by atoms with Crippen molar-refractivity contribution in [3.8, 4) is 0 Å². The molecule has 0 bridgehead atoms. The largest absolute Gasteiger partial charge is 0.478 e. The van der Waals surface area contributed by atoms with Gasteiger partial charge < -0.3 is 10.4 Å². The number of halogens is 1. The van der Waals surface area contributed by atoms with Gasteiger partial charge in [-0.1, -0.05) is 35.4 Å². The molecule has 0 aromatic heterocycles. The highest BCUT2D eigenvalue weighted by atomic mass is 35.5. The Kier molecular flexibility index (Phi) is 4.05. The molecule has 0 aliphatic heterocycles. The van der Waals surface area contributed by atoms with Gasteiger partial charge >= 0.3 is 5.97 Å². The molecule has 0 aliphatic carbocycles. The van der Waals surface area contributed by atoms with E-state index in [-0.39, 0.29) is 22.2 Å². The third kappa shape index (κ3) is 2.97. The average molecular weight is 290 g/mol. The minimum absolute atomic E-state index is 0.0826. The molecule has 0 radical (unpaired) electrons. The molecule has 1 amide bonds. The summed E-state index contributed by atoms with van der Waals surface area (Å²) in [6, 6.07) is 11.5. The van der Waals surface area contributed by atoms with Gasteiger partial charge in [-0.3, -0.25) is 4.79 Å². The van der Waals surface area contributed by atoms with Crippen molar-refractivity contribution in [1.29, 1.82) is 0 Å². The Morgan fingerprint density at radius 2 is 1.75 bits per heavy atom. The topological polar surface area (TPSA) is 66.4 Å². The van der Waals surface area contributed by atoms with Gasteiger partial charge in [-0.05, 0) is 31.2 Å². The summed E-state index contributed by atoms with van der Waals surface area (Å²) in [6.45, 7) is 1.92. The molecule has 2 N–H and O–H groups in total. The molecule has 0 saturated carbocycles. The molecule has 5 heteroatoms. The van der Waals surface area contributed by atoms with Crippen LogP contribution in [0.3, 0.4) is 0 Å². The van der Waals surface area contributed by atoms with Crippen molar-refractivity contribution >= 4 is 29.2 Å². The number of carboxylic acids is 1. The monoisotopic (exact) mass is 289 g/mol. The van der Waals surface area contributed by atoms with Crippen LogP contribution in [0.25, 0.3) is 0 Å². The molecule has 0 aliphatic rings. The van der Waals surface area contributed by atoms with Crippen LogP contribution in [0.4, 0.5) is 5.69 Å². The Bertz CT molecular complexity index is 665. The second kappa shape index (κ2) is 5.75. The highest BCUT2D eigenvalue weighted by Crippen LogP contribution is 2.24. The van der Waals surface area contributed by atoms with Gasteiger partial charge in [0.1, 0.15) is 5.56 Å². The minimum atomic E-state index is -1.19. The molecule has 102 valence electrons. The van der Waals surface area contributed by atoms with Crippen LogP contribution in [0.1, 0.15) is 26.3 Å². The maximum absolute atomic E-state index is 12.1. The van der Waals surface area contributed by atoms with Gasteiger partial charge in [-0.25, -0.2) is 4.79 Å². The first-order valence-electron chi connectivity index (χ1n) is 5.89. The number of rotatable bonds is 3. The van der Waals surface area contributed by atoms with Gasteiger partial charge in [-0.2, -0.15) is 0 Å². The fraction of sp³-hybridized carbons (Fsp3) is 0.0667. The zero-order chi connectivity index (χ0) is 14.7. The summed E-state index contributed by atoms with van der Waals surface area (Å²) in [4.78, 5) is 23.2. The Balaban J connectivity index is 2.30. The summed E-state index contributed by atoms with van der Waals surface area (Å²) >= 11 is 5.84. The predicted octanol–water partition coefficient (Wildman–Crippen LogP) is 3.60. The molecule has 0 heterocycles. The maximum atomic E-state index is 12.1. The number of hydrogen-bond acceptors (Lipinski definition) is 2. The van der Waals surface area contributed by atoms with Crippen LogP contribution in [-0.2, 0) is 0 Å². The van der Waals surface area contributed by atoms with E-state index in [1.807, 2.05) is 19.1 Å². The van der Waals surface area contributed by atoms with Gasteiger partial charge in [0.05, 0.1) is 10.7 Å². The Labute approximate surface area is 121 Å².